The Bertz CT molecular complexity index is 728. The van der Waals surface area contributed by atoms with Crippen molar-refractivity contribution in [3.8, 4) is 11.1 Å². The number of rotatable bonds is 1. The predicted octanol–water partition coefficient (Wildman–Crippen LogP) is 3.93. The quantitative estimate of drug-likeness (QED) is 0.865. The Morgan fingerprint density at radius 3 is 2.86 bits per heavy atom. The van der Waals surface area contributed by atoms with E-state index in [4.69, 9.17) is 11.6 Å². The van der Waals surface area contributed by atoms with Crippen molar-refractivity contribution in [3.05, 3.63) is 47.5 Å². The topological polar surface area (TPSA) is 32.3 Å². The second-order valence-corrected chi connectivity index (χ2v) is 6.02. The number of carbonyl (C=O) groups excluding carboxylic acids is 1. The first-order valence-electron chi connectivity index (χ1n) is 7.20. The van der Waals surface area contributed by atoms with Gasteiger partial charge in [0.05, 0.1) is 11.4 Å². The van der Waals surface area contributed by atoms with Crippen LogP contribution in [0.3, 0.4) is 0 Å². The first-order valence-corrected chi connectivity index (χ1v) is 7.58. The van der Waals surface area contributed by atoms with Gasteiger partial charge in [0.2, 0.25) is 5.91 Å². The van der Waals surface area contributed by atoms with Gasteiger partial charge in [0.25, 0.3) is 0 Å². The van der Waals surface area contributed by atoms with E-state index in [2.05, 4.69) is 22.3 Å². The van der Waals surface area contributed by atoms with Crippen molar-refractivity contribution >= 4 is 28.9 Å². The van der Waals surface area contributed by atoms with Crippen molar-refractivity contribution in [2.45, 2.75) is 18.9 Å². The zero-order valence-corrected chi connectivity index (χ0v) is 12.2. The summed E-state index contributed by atoms with van der Waals surface area (Å²) in [6.07, 6.45) is 2.01. The Hall–Kier alpha value is -2.00. The van der Waals surface area contributed by atoms with E-state index in [1.807, 2.05) is 30.3 Å². The normalized spacial score (nSPS) is 20.0. The highest BCUT2D eigenvalue weighted by Crippen LogP contribution is 2.39. The number of hydrogen-bond donors (Lipinski definition) is 1. The van der Waals surface area contributed by atoms with E-state index < -0.39 is 0 Å². The third kappa shape index (κ3) is 2.09. The lowest BCUT2D eigenvalue weighted by Gasteiger charge is -2.33. The van der Waals surface area contributed by atoms with Crippen LogP contribution in [-0.4, -0.2) is 18.5 Å². The molecule has 1 atom stereocenters. The highest BCUT2D eigenvalue weighted by Gasteiger charge is 2.36. The van der Waals surface area contributed by atoms with E-state index in [1.54, 1.807) is 0 Å². The number of carbonyl (C=O) groups is 1. The predicted molar refractivity (Wildman–Crippen MR) is 85.9 cm³/mol. The molecule has 0 spiro atoms. The van der Waals surface area contributed by atoms with Crippen LogP contribution in [-0.2, 0) is 4.79 Å². The van der Waals surface area contributed by atoms with Crippen LogP contribution in [0.4, 0.5) is 11.4 Å². The van der Waals surface area contributed by atoms with Crippen LogP contribution in [0.1, 0.15) is 12.8 Å². The van der Waals surface area contributed by atoms with Crippen LogP contribution in [0.15, 0.2) is 42.5 Å². The Morgan fingerprint density at radius 2 is 2.00 bits per heavy atom. The molecule has 2 aliphatic heterocycles. The van der Waals surface area contributed by atoms with Crippen LogP contribution in [0.25, 0.3) is 11.1 Å². The monoisotopic (exact) mass is 298 g/mol. The minimum Gasteiger partial charge on any atom is -0.358 e. The molecule has 4 heteroatoms. The Balaban J connectivity index is 1.81. The molecule has 1 unspecified atom stereocenters. The summed E-state index contributed by atoms with van der Waals surface area (Å²) in [5.74, 6) is 0.121. The van der Waals surface area contributed by atoms with E-state index in [-0.39, 0.29) is 11.9 Å². The second-order valence-electron chi connectivity index (χ2n) is 5.58. The first-order chi connectivity index (χ1) is 10.2. The average molecular weight is 299 g/mol. The molecule has 0 radical (unpaired) electrons. The zero-order chi connectivity index (χ0) is 14.4. The maximum absolute atomic E-state index is 12.1. The van der Waals surface area contributed by atoms with E-state index in [1.165, 1.54) is 0 Å². The fourth-order valence-electron chi connectivity index (χ4n) is 3.27. The van der Waals surface area contributed by atoms with Gasteiger partial charge in [-0.15, -0.1) is 0 Å². The molecule has 21 heavy (non-hydrogen) atoms. The molecule has 3 nitrogen and oxygen atoms in total. The lowest BCUT2D eigenvalue weighted by molar-refractivity contribution is -0.117. The van der Waals surface area contributed by atoms with Crippen LogP contribution >= 0.6 is 11.6 Å². The van der Waals surface area contributed by atoms with Crippen molar-refractivity contribution in [1.29, 1.82) is 0 Å². The van der Waals surface area contributed by atoms with Crippen molar-refractivity contribution in [1.82, 2.24) is 0 Å². The van der Waals surface area contributed by atoms with Gasteiger partial charge >= 0.3 is 0 Å². The van der Waals surface area contributed by atoms with Gasteiger partial charge in [0.15, 0.2) is 0 Å². The fourth-order valence-corrected chi connectivity index (χ4v) is 3.46. The van der Waals surface area contributed by atoms with Crippen molar-refractivity contribution in [2.24, 2.45) is 0 Å². The number of halogens is 1. The van der Waals surface area contributed by atoms with E-state index in [0.29, 0.717) is 0 Å². The summed E-state index contributed by atoms with van der Waals surface area (Å²) in [5.41, 5.74) is 4.24. The minimum absolute atomic E-state index is 0.00730. The van der Waals surface area contributed by atoms with Crippen LogP contribution in [0.2, 0.25) is 5.02 Å². The van der Waals surface area contributed by atoms with Gasteiger partial charge < -0.3 is 10.2 Å². The molecule has 0 aromatic heterocycles. The summed E-state index contributed by atoms with van der Waals surface area (Å²) in [6, 6.07) is 14.0. The summed E-state index contributed by atoms with van der Waals surface area (Å²) in [6.45, 7) is 0.948. The van der Waals surface area contributed by atoms with Crippen LogP contribution in [0.5, 0.6) is 0 Å². The summed E-state index contributed by atoms with van der Waals surface area (Å²) >= 11 is 6.08. The number of benzene rings is 2. The molecule has 0 aliphatic carbocycles. The van der Waals surface area contributed by atoms with Gasteiger partial charge in [-0.1, -0.05) is 29.8 Å². The molecule has 4 rings (SSSR count). The highest BCUT2D eigenvalue weighted by atomic mass is 35.5. The lowest BCUT2D eigenvalue weighted by Crippen LogP contribution is -2.43. The fraction of sp³-hybridized carbons (Fsp3) is 0.235. The molecule has 0 saturated carbocycles. The number of hydrogen-bond acceptors (Lipinski definition) is 2. The molecular formula is C17H15ClN2O. The minimum atomic E-state index is -0.00730. The Morgan fingerprint density at radius 1 is 1.14 bits per heavy atom. The maximum Gasteiger partial charge on any atom is 0.247 e. The van der Waals surface area contributed by atoms with E-state index in [0.717, 1.165) is 46.9 Å². The van der Waals surface area contributed by atoms with Crippen LogP contribution < -0.4 is 10.2 Å². The van der Waals surface area contributed by atoms with Gasteiger partial charge in [-0.2, -0.15) is 0 Å². The Kier molecular flexibility index (Phi) is 2.89. The lowest BCUT2D eigenvalue weighted by atomic mass is 10.0. The highest BCUT2D eigenvalue weighted by molar-refractivity contribution is 6.30. The third-order valence-corrected chi connectivity index (χ3v) is 4.51. The molecule has 1 fully saturated rings. The molecule has 2 aliphatic rings. The molecule has 0 bridgehead atoms. The SMILES string of the molecule is O=C1Nc2ccc(-c3cccc(Cl)c3)cc2N2CCCC12. The summed E-state index contributed by atoms with van der Waals surface area (Å²) < 4.78 is 0. The standard InChI is InChI=1S/C17H15ClN2O/c18-13-4-1-3-11(9-13)12-6-7-14-16(10-12)20-8-2-5-15(20)17(21)19-14/h1,3-4,6-7,9-10,15H,2,5,8H2,(H,19,21). The summed E-state index contributed by atoms with van der Waals surface area (Å²) in [4.78, 5) is 14.3. The molecule has 2 aromatic rings. The zero-order valence-electron chi connectivity index (χ0n) is 11.5. The van der Waals surface area contributed by atoms with E-state index >= 15 is 0 Å². The van der Waals surface area contributed by atoms with Gasteiger partial charge in [0.1, 0.15) is 6.04 Å². The number of nitrogens with one attached hydrogen (secondary N) is 1. The molecular weight excluding hydrogens is 284 g/mol. The Labute approximate surface area is 128 Å². The summed E-state index contributed by atoms with van der Waals surface area (Å²) in [5, 5.41) is 3.75. The van der Waals surface area contributed by atoms with Crippen molar-refractivity contribution in [2.75, 3.05) is 16.8 Å². The smallest absolute Gasteiger partial charge is 0.247 e. The molecule has 1 amide bonds. The molecule has 1 N–H and O–H groups in total. The van der Waals surface area contributed by atoms with Gasteiger partial charge in [-0.3, -0.25) is 4.79 Å². The van der Waals surface area contributed by atoms with Crippen molar-refractivity contribution < 1.29 is 4.79 Å². The number of fused-ring (bicyclic) bond motifs is 3. The van der Waals surface area contributed by atoms with Gasteiger partial charge in [-0.25, -0.2) is 0 Å². The molecule has 2 aromatic carbocycles. The van der Waals surface area contributed by atoms with Gasteiger partial charge in [-0.05, 0) is 48.2 Å². The van der Waals surface area contributed by atoms with E-state index in [9.17, 15) is 4.79 Å². The number of amides is 1. The maximum atomic E-state index is 12.1. The third-order valence-electron chi connectivity index (χ3n) is 4.28. The van der Waals surface area contributed by atoms with Crippen LogP contribution in [0, 0.1) is 0 Å². The summed E-state index contributed by atoms with van der Waals surface area (Å²) in [7, 11) is 0. The van der Waals surface area contributed by atoms with Crippen molar-refractivity contribution in [3.63, 3.8) is 0 Å². The second kappa shape index (κ2) is 4.78. The first kappa shape index (κ1) is 12.7. The molecule has 106 valence electrons. The number of nitrogens with zero attached hydrogens (tertiary/aromatic N) is 1. The molecule has 1 saturated heterocycles. The molecule has 2 heterocycles. The largest absolute Gasteiger partial charge is 0.358 e. The average Bonchev–Trinajstić information content (AvgIpc) is 2.97. The number of anilines is 2. The van der Waals surface area contributed by atoms with Gasteiger partial charge in [0, 0.05) is 11.6 Å².